The first-order valence-electron chi connectivity index (χ1n) is 10.3. The average Bonchev–Trinajstić information content (AvgIpc) is 2.73. The molecular weight excluding hydrogens is 340 g/mol. The fourth-order valence-corrected chi connectivity index (χ4v) is 3.96. The summed E-state index contributed by atoms with van der Waals surface area (Å²) in [7, 11) is 0. The van der Waals surface area contributed by atoms with Crippen LogP contribution in [0.1, 0.15) is 43.5 Å². The van der Waals surface area contributed by atoms with Crippen LogP contribution in [0.2, 0.25) is 0 Å². The van der Waals surface area contributed by atoms with Crippen molar-refractivity contribution in [3.8, 4) is 0 Å². The minimum Gasteiger partial charge on any atom is -0.371 e. The number of rotatable bonds is 5. The summed E-state index contributed by atoms with van der Waals surface area (Å²) in [6.07, 6.45) is 2.37. The van der Waals surface area contributed by atoms with Crippen molar-refractivity contribution < 1.29 is 9.59 Å². The highest BCUT2D eigenvalue weighted by molar-refractivity contribution is 6.00. The molecule has 0 atom stereocenters. The first kappa shape index (κ1) is 19.7. The smallest absolute Gasteiger partial charge is 0.256 e. The molecule has 0 bridgehead atoms. The van der Waals surface area contributed by atoms with Crippen LogP contribution in [-0.4, -0.2) is 73.5 Å². The molecule has 2 aliphatic rings. The molecule has 6 nitrogen and oxygen atoms in total. The lowest BCUT2D eigenvalue weighted by molar-refractivity contribution is -0.121. The molecule has 0 radical (unpaired) electrons. The highest BCUT2D eigenvalue weighted by atomic mass is 16.2. The maximum Gasteiger partial charge on any atom is 0.256 e. The van der Waals surface area contributed by atoms with E-state index in [1.807, 2.05) is 30.0 Å². The molecule has 2 amide bonds. The number of carbonyl (C=O) groups excluding carboxylic acids is 2. The summed E-state index contributed by atoms with van der Waals surface area (Å²) < 4.78 is 0. The predicted molar refractivity (Wildman–Crippen MR) is 108 cm³/mol. The monoisotopic (exact) mass is 372 g/mol. The summed E-state index contributed by atoms with van der Waals surface area (Å²) in [5.74, 6) is 0.262. The van der Waals surface area contributed by atoms with Gasteiger partial charge in [-0.2, -0.15) is 0 Å². The predicted octanol–water partition coefficient (Wildman–Crippen LogP) is 1.96. The fraction of sp³-hybridized carbons (Fsp3) is 0.619. The SMILES string of the molecule is CCC(=O)NC1CCN(c2ccccc2C(=O)N2CCN(CC)CC2)CC1. The van der Waals surface area contributed by atoms with E-state index in [0.29, 0.717) is 6.42 Å². The van der Waals surface area contributed by atoms with E-state index in [1.54, 1.807) is 0 Å². The number of amides is 2. The largest absolute Gasteiger partial charge is 0.371 e. The van der Waals surface area contributed by atoms with Gasteiger partial charge in [-0.25, -0.2) is 0 Å². The van der Waals surface area contributed by atoms with Gasteiger partial charge in [-0.05, 0) is 31.5 Å². The molecule has 0 aromatic heterocycles. The van der Waals surface area contributed by atoms with Gasteiger partial charge >= 0.3 is 0 Å². The van der Waals surface area contributed by atoms with Gasteiger partial charge in [0.1, 0.15) is 0 Å². The Morgan fingerprint density at radius 3 is 2.30 bits per heavy atom. The van der Waals surface area contributed by atoms with Crippen LogP contribution in [0.3, 0.4) is 0 Å². The molecule has 1 aromatic carbocycles. The van der Waals surface area contributed by atoms with Gasteiger partial charge in [-0.15, -0.1) is 0 Å². The number of benzene rings is 1. The second kappa shape index (κ2) is 9.22. The van der Waals surface area contributed by atoms with Gasteiger partial charge in [0.05, 0.1) is 5.56 Å². The van der Waals surface area contributed by atoms with E-state index < -0.39 is 0 Å². The molecule has 6 heteroatoms. The number of piperazine rings is 1. The van der Waals surface area contributed by atoms with Crippen LogP contribution in [0.5, 0.6) is 0 Å². The zero-order valence-electron chi connectivity index (χ0n) is 16.6. The first-order valence-corrected chi connectivity index (χ1v) is 10.3. The highest BCUT2D eigenvalue weighted by Crippen LogP contribution is 2.26. The zero-order valence-corrected chi connectivity index (χ0v) is 16.6. The van der Waals surface area contributed by atoms with E-state index in [2.05, 4.69) is 28.1 Å². The lowest BCUT2D eigenvalue weighted by Gasteiger charge is -2.37. The van der Waals surface area contributed by atoms with Gasteiger partial charge in [-0.1, -0.05) is 26.0 Å². The number of para-hydroxylation sites is 1. The van der Waals surface area contributed by atoms with Crippen LogP contribution in [0.25, 0.3) is 0 Å². The van der Waals surface area contributed by atoms with Gasteiger partial charge in [0.15, 0.2) is 0 Å². The second-order valence-corrected chi connectivity index (χ2v) is 7.43. The van der Waals surface area contributed by atoms with Crippen LogP contribution in [0.4, 0.5) is 5.69 Å². The lowest BCUT2D eigenvalue weighted by atomic mass is 10.0. The third-order valence-electron chi connectivity index (χ3n) is 5.76. The quantitative estimate of drug-likeness (QED) is 0.859. The second-order valence-electron chi connectivity index (χ2n) is 7.43. The number of piperidine rings is 1. The summed E-state index contributed by atoms with van der Waals surface area (Å²) in [4.78, 5) is 31.4. The Kier molecular flexibility index (Phi) is 6.72. The molecule has 0 unspecified atom stereocenters. The maximum atomic E-state index is 13.1. The Bertz CT molecular complexity index is 647. The van der Waals surface area contributed by atoms with E-state index >= 15 is 0 Å². The van der Waals surface area contributed by atoms with Gasteiger partial charge in [0.25, 0.3) is 5.91 Å². The molecule has 1 aromatic rings. The summed E-state index contributed by atoms with van der Waals surface area (Å²) in [5.41, 5.74) is 1.83. The van der Waals surface area contributed by atoms with Crippen LogP contribution in [0, 0.1) is 0 Å². The highest BCUT2D eigenvalue weighted by Gasteiger charge is 2.27. The molecule has 0 saturated carbocycles. The van der Waals surface area contributed by atoms with E-state index in [1.165, 1.54) is 0 Å². The number of carbonyl (C=O) groups is 2. The topological polar surface area (TPSA) is 55.9 Å². The van der Waals surface area contributed by atoms with Gasteiger partial charge in [0, 0.05) is 57.4 Å². The zero-order chi connectivity index (χ0) is 19.2. The first-order chi connectivity index (χ1) is 13.1. The standard InChI is InChI=1S/C21H32N4O2/c1-3-20(26)22-17-9-11-24(12-10-17)19-8-6-5-7-18(19)21(27)25-15-13-23(4-2)14-16-25/h5-8,17H,3-4,9-16H2,1-2H3,(H,22,26). The van der Waals surface area contributed by atoms with E-state index in [-0.39, 0.29) is 17.9 Å². The van der Waals surface area contributed by atoms with Crippen molar-refractivity contribution >= 4 is 17.5 Å². The maximum absolute atomic E-state index is 13.1. The Hall–Kier alpha value is -2.08. The number of nitrogens with one attached hydrogen (secondary N) is 1. The molecule has 0 aliphatic carbocycles. The van der Waals surface area contributed by atoms with Crippen LogP contribution >= 0.6 is 0 Å². The molecule has 0 spiro atoms. The Morgan fingerprint density at radius 1 is 1.00 bits per heavy atom. The number of hydrogen-bond donors (Lipinski definition) is 1. The minimum absolute atomic E-state index is 0.121. The molecule has 2 heterocycles. The fourth-order valence-electron chi connectivity index (χ4n) is 3.96. The molecule has 2 saturated heterocycles. The number of nitrogens with zero attached hydrogens (tertiary/aromatic N) is 3. The molecule has 2 aliphatic heterocycles. The van der Waals surface area contributed by atoms with Crippen LogP contribution in [-0.2, 0) is 4.79 Å². The van der Waals surface area contributed by atoms with Gasteiger partial charge in [0.2, 0.25) is 5.91 Å². The molecule has 3 rings (SSSR count). The lowest BCUT2D eigenvalue weighted by Crippen LogP contribution is -2.49. The molecular formula is C21H32N4O2. The number of likely N-dealkylation sites (N-methyl/N-ethyl adjacent to an activating group) is 1. The van der Waals surface area contributed by atoms with E-state index in [0.717, 1.165) is 69.9 Å². The third kappa shape index (κ3) is 4.80. The Morgan fingerprint density at radius 2 is 1.67 bits per heavy atom. The Balaban J connectivity index is 1.64. The summed E-state index contributed by atoms with van der Waals surface area (Å²) >= 11 is 0. The van der Waals surface area contributed by atoms with Crippen molar-refractivity contribution in [2.75, 3.05) is 50.7 Å². The number of hydrogen-bond acceptors (Lipinski definition) is 4. The van der Waals surface area contributed by atoms with Crippen molar-refractivity contribution in [3.63, 3.8) is 0 Å². The number of anilines is 1. The molecule has 2 fully saturated rings. The summed E-state index contributed by atoms with van der Waals surface area (Å²) in [6, 6.07) is 8.22. The van der Waals surface area contributed by atoms with Crippen molar-refractivity contribution in [1.82, 2.24) is 15.1 Å². The third-order valence-corrected chi connectivity index (χ3v) is 5.76. The normalized spacial score (nSPS) is 19.2. The van der Waals surface area contributed by atoms with Gasteiger partial charge < -0.3 is 20.0 Å². The molecule has 1 N–H and O–H groups in total. The summed E-state index contributed by atoms with van der Waals surface area (Å²) in [6.45, 7) is 10.3. The van der Waals surface area contributed by atoms with Crippen LogP contribution < -0.4 is 10.2 Å². The molecule has 27 heavy (non-hydrogen) atoms. The van der Waals surface area contributed by atoms with Gasteiger partial charge in [-0.3, -0.25) is 9.59 Å². The minimum atomic E-state index is 0.121. The van der Waals surface area contributed by atoms with Crippen molar-refractivity contribution in [2.45, 2.75) is 39.2 Å². The Labute approximate surface area is 162 Å². The van der Waals surface area contributed by atoms with Crippen molar-refractivity contribution in [3.05, 3.63) is 29.8 Å². The average molecular weight is 373 g/mol. The molecule has 148 valence electrons. The van der Waals surface area contributed by atoms with E-state index in [9.17, 15) is 9.59 Å². The summed E-state index contributed by atoms with van der Waals surface area (Å²) in [5, 5.41) is 3.09. The van der Waals surface area contributed by atoms with Crippen LogP contribution in [0.15, 0.2) is 24.3 Å². The van der Waals surface area contributed by atoms with E-state index in [4.69, 9.17) is 0 Å². The van der Waals surface area contributed by atoms with Crippen molar-refractivity contribution in [2.24, 2.45) is 0 Å². The van der Waals surface area contributed by atoms with Crippen molar-refractivity contribution in [1.29, 1.82) is 0 Å².